The van der Waals surface area contributed by atoms with Gasteiger partial charge in [0, 0.05) is 12.0 Å². The second-order valence-corrected chi connectivity index (χ2v) is 6.94. The Bertz CT molecular complexity index is 498. The van der Waals surface area contributed by atoms with Crippen molar-refractivity contribution < 1.29 is 9.47 Å². The molecule has 2 saturated carbocycles. The maximum absolute atomic E-state index is 5.49. The van der Waals surface area contributed by atoms with Crippen LogP contribution in [-0.2, 0) is 5.41 Å². The second-order valence-electron chi connectivity index (χ2n) is 6.94. The molecule has 1 spiro atoms. The highest BCUT2D eigenvalue weighted by Crippen LogP contribution is 2.63. The van der Waals surface area contributed by atoms with Crippen molar-refractivity contribution in [1.82, 2.24) is 5.32 Å². The summed E-state index contributed by atoms with van der Waals surface area (Å²) in [6, 6.07) is 6.45. The molecule has 0 atom stereocenters. The molecule has 0 radical (unpaired) electrons. The molecule has 2 aliphatic rings. The summed E-state index contributed by atoms with van der Waals surface area (Å²) < 4.78 is 10.9. The second kappa shape index (κ2) is 5.53. The van der Waals surface area contributed by atoms with Crippen LogP contribution in [0.3, 0.4) is 0 Å². The molecule has 0 aliphatic heterocycles. The fourth-order valence-corrected chi connectivity index (χ4v) is 4.80. The van der Waals surface area contributed by atoms with Gasteiger partial charge in [-0.1, -0.05) is 18.9 Å². The Morgan fingerprint density at radius 2 is 1.71 bits per heavy atom. The Kier molecular flexibility index (Phi) is 3.87. The van der Waals surface area contributed by atoms with Gasteiger partial charge in [-0.2, -0.15) is 0 Å². The zero-order chi connectivity index (χ0) is 14.9. The van der Waals surface area contributed by atoms with E-state index >= 15 is 0 Å². The molecule has 116 valence electrons. The fourth-order valence-electron chi connectivity index (χ4n) is 4.80. The van der Waals surface area contributed by atoms with E-state index in [-0.39, 0.29) is 5.41 Å². The standard InChI is InChI=1S/C18H27NO2/c1-19-13-18(11-17(12-18)8-4-5-9-17)14-6-7-15(20-2)16(10-14)21-3/h6-7,10,19H,4-5,8-9,11-13H2,1-3H3. The Morgan fingerprint density at radius 3 is 2.29 bits per heavy atom. The summed E-state index contributed by atoms with van der Waals surface area (Å²) in [4.78, 5) is 0. The van der Waals surface area contributed by atoms with Gasteiger partial charge in [-0.15, -0.1) is 0 Å². The number of benzene rings is 1. The first-order valence-corrected chi connectivity index (χ1v) is 8.04. The van der Waals surface area contributed by atoms with Gasteiger partial charge in [0.1, 0.15) is 0 Å². The number of methoxy groups -OCH3 is 2. The summed E-state index contributed by atoms with van der Waals surface area (Å²) in [6.07, 6.45) is 8.31. The van der Waals surface area contributed by atoms with E-state index in [1.807, 2.05) is 6.07 Å². The van der Waals surface area contributed by atoms with Crippen LogP contribution >= 0.6 is 0 Å². The lowest BCUT2D eigenvalue weighted by Gasteiger charge is -2.56. The molecular weight excluding hydrogens is 262 g/mol. The third-order valence-electron chi connectivity index (χ3n) is 5.60. The van der Waals surface area contributed by atoms with E-state index in [0.717, 1.165) is 18.0 Å². The Hall–Kier alpha value is -1.22. The van der Waals surface area contributed by atoms with Crippen LogP contribution in [0.4, 0.5) is 0 Å². The van der Waals surface area contributed by atoms with Crippen LogP contribution in [-0.4, -0.2) is 27.8 Å². The summed E-state index contributed by atoms with van der Waals surface area (Å²) >= 11 is 0. The maximum atomic E-state index is 5.49. The molecule has 0 saturated heterocycles. The van der Waals surface area contributed by atoms with Crippen LogP contribution in [0.15, 0.2) is 18.2 Å². The number of hydrogen-bond acceptors (Lipinski definition) is 3. The van der Waals surface area contributed by atoms with Crippen molar-refractivity contribution in [3.8, 4) is 11.5 Å². The van der Waals surface area contributed by atoms with Crippen LogP contribution in [0.5, 0.6) is 11.5 Å². The molecule has 1 aromatic carbocycles. The SMILES string of the molecule is CNCC1(c2ccc(OC)c(OC)c2)CC2(CCCC2)C1. The number of nitrogens with one attached hydrogen (secondary N) is 1. The van der Waals surface area contributed by atoms with E-state index < -0.39 is 0 Å². The quantitative estimate of drug-likeness (QED) is 0.899. The van der Waals surface area contributed by atoms with E-state index in [2.05, 4.69) is 24.5 Å². The third kappa shape index (κ3) is 2.42. The van der Waals surface area contributed by atoms with E-state index in [9.17, 15) is 0 Å². The molecule has 0 unspecified atom stereocenters. The lowest BCUT2D eigenvalue weighted by molar-refractivity contribution is 0.0281. The smallest absolute Gasteiger partial charge is 0.161 e. The predicted molar refractivity (Wildman–Crippen MR) is 85.3 cm³/mol. The molecule has 2 fully saturated rings. The maximum Gasteiger partial charge on any atom is 0.161 e. The topological polar surface area (TPSA) is 30.5 Å². The Morgan fingerprint density at radius 1 is 1.05 bits per heavy atom. The van der Waals surface area contributed by atoms with Crippen LogP contribution in [0, 0.1) is 5.41 Å². The molecule has 0 bridgehead atoms. The lowest BCUT2D eigenvalue weighted by Crippen LogP contribution is -2.53. The molecule has 0 heterocycles. The number of ether oxygens (including phenoxy) is 2. The average molecular weight is 289 g/mol. The molecule has 3 nitrogen and oxygen atoms in total. The Balaban J connectivity index is 1.88. The van der Waals surface area contributed by atoms with Crippen LogP contribution in [0.2, 0.25) is 0 Å². The van der Waals surface area contributed by atoms with Crippen molar-refractivity contribution in [2.24, 2.45) is 5.41 Å². The van der Waals surface area contributed by atoms with Crippen molar-refractivity contribution in [3.05, 3.63) is 23.8 Å². The summed E-state index contributed by atoms with van der Waals surface area (Å²) in [7, 11) is 5.46. The minimum atomic E-state index is 0.276. The van der Waals surface area contributed by atoms with Crippen LogP contribution < -0.4 is 14.8 Å². The summed E-state index contributed by atoms with van der Waals surface area (Å²) in [5, 5.41) is 3.41. The van der Waals surface area contributed by atoms with Gasteiger partial charge in [0.2, 0.25) is 0 Å². The van der Waals surface area contributed by atoms with Gasteiger partial charge in [0.25, 0.3) is 0 Å². The molecule has 0 amide bonds. The van der Waals surface area contributed by atoms with Gasteiger partial charge >= 0.3 is 0 Å². The molecule has 3 rings (SSSR count). The van der Waals surface area contributed by atoms with Gasteiger partial charge in [-0.3, -0.25) is 0 Å². The van der Waals surface area contributed by atoms with Crippen molar-refractivity contribution in [1.29, 1.82) is 0 Å². The van der Waals surface area contributed by atoms with Crippen molar-refractivity contribution >= 4 is 0 Å². The Labute approximate surface area is 128 Å². The first-order valence-electron chi connectivity index (χ1n) is 8.04. The van der Waals surface area contributed by atoms with Gasteiger partial charge in [-0.05, 0) is 55.8 Å². The van der Waals surface area contributed by atoms with Crippen molar-refractivity contribution in [2.45, 2.75) is 43.9 Å². The molecule has 0 aromatic heterocycles. The average Bonchev–Trinajstić information content (AvgIpc) is 2.95. The summed E-state index contributed by atoms with van der Waals surface area (Å²) in [5.41, 5.74) is 2.30. The summed E-state index contributed by atoms with van der Waals surface area (Å²) in [5.74, 6) is 1.66. The van der Waals surface area contributed by atoms with Gasteiger partial charge in [0.15, 0.2) is 11.5 Å². The molecule has 1 N–H and O–H groups in total. The van der Waals surface area contributed by atoms with E-state index in [1.165, 1.54) is 44.1 Å². The molecule has 3 heteroatoms. The molecule has 1 aromatic rings. The minimum absolute atomic E-state index is 0.276. The molecule has 2 aliphatic carbocycles. The van der Waals surface area contributed by atoms with Crippen molar-refractivity contribution in [3.63, 3.8) is 0 Å². The highest BCUT2D eigenvalue weighted by atomic mass is 16.5. The first kappa shape index (κ1) is 14.7. The van der Waals surface area contributed by atoms with Crippen LogP contribution in [0.25, 0.3) is 0 Å². The zero-order valence-corrected chi connectivity index (χ0v) is 13.5. The summed E-state index contributed by atoms with van der Waals surface area (Å²) in [6.45, 7) is 1.05. The van der Waals surface area contributed by atoms with Gasteiger partial charge < -0.3 is 14.8 Å². The third-order valence-corrected chi connectivity index (χ3v) is 5.60. The normalized spacial score (nSPS) is 22.0. The fraction of sp³-hybridized carbons (Fsp3) is 0.667. The number of likely N-dealkylation sites (N-methyl/N-ethyl adjacent to an activating group) is 1. The van der Waals surface area contributed by atoms with Gasteiger partial charge in [-0.25, -0.2) is 0 Å². The lowest BCUT2D eigenvalue weighted by atomic mass is 9.49. The number of rotatable bonds is 5. The van der Waals surface area contributed by atoms with Gasteiger partial charge in [0.05, 0.1) is 14.2 Å². The van der Waals surface area contributed by atoms with E-state index in [1.54, 1.807) is 14.2 Å². The van der Waals surface area contributed by atoms with E-state index in [0.29, 0.717) is 5.41 Å². The largest absolute Gasteiger partial charge is 0.493 e. The molecule has 21 heavy (non-hydrogen) atoms. The molecular formula is C18H27NO2. The van der Waals surface area contributed by atoms with Crippen LogP contribution in [0.1, 0.15) is 44.1 Å². The first-order chi connectivity index (χ1) is 10.2. The minimum Gasteiger partial charge on any atom is -0.493 e. The highest BCUT2D eigenvalue weighted by Gasteiger charge is 2.55. The number of hydrogen-bond donors (Lipinski definition) is 1. The predicted octanol–water partition coefficient (Wildman–Crippen LogP) is 3.52. The monoisotopic (exact) mass is 289 g/mol. The zero-order valence-electron chi connectivity index (χ0n) is 13.5. The van der Waals surface area contributed by atoms with E-state index in [4.69, 9.17) is 9.47 Å². The highest BCUT2D eigenvalue weighted by molar-refractivity contribution is 5.46. The van der Waals surface area contributed by atoms with Crippen molar-refractivity contribution in [2.75, 3.05) is 27.8 Å².